The van der Waals surface area contributed by atoms with Crippen LogP contribution < -0.4 is 10.1 Å². The van der Waals surface area contributed by atoms with Crippen molar-refractivity contribution in [2.24, 2.45) is 5.92 Å². The second-order valence-electron chi connectivity index (χ2n) is 5.00. The van der Waals surface area contributed by atoms with Gasteiger partial charge in [-0.1, -0.05) is 13.0 Å². The number of anilines is 1. The second kappa shape index (κ2) is 6.45. The Kier molecular flexibility index (Phi) is 5.21. The molecule has 4 nitrogen and oxygen atoms in total. The van der Waals surface area contributed by atoms with Gasteiger partial charge in [-0.05, 0) is 43.9 Å². The fourth-order valence-electron chi connectivity index (χ4n) is 2.06. The number of hydrogen-bond acceptors (Lipinski definition) is 3. The standard InChI is InChI=1S/C15H23NO3/c1-9(15(17)18)6-7-16-13-11(3)8-10(2)12(4)14(13)19-5/h8-9,16H,6-7H2,1-5H3,(H,17,18). The van der Waals surface area contributed by atoms with Crippen molar-refractivity contribution in [2.45, 2.75) is 34.1 Å². The molecule has 1 atom stereocenters. The lowest BCUT2D eigenvalue weighted by molar-refractivity contribution is -0.141. The summed E-state index contributed by atoms with van der Waals surface area (Å²) < 4.78 is 5.46. The van der Waals surface area contributed by atoms with Crippen LogP contribution in [0.15, 0.2) is 6.07 Å². The zero-order valence-corrected chi connectivity index (χ0v) is 12.3. The molecule has 0 aliphatic heterocycles. The molecule has 0 spiro atoms. The van der Waals surface area contributed by atoms with Crippen molar-refractivity contribution in [3.63, 3.8) is 0 Å². The number of nitrogens with one attached hydrogen (secondary N) is 1. The lowest BCUT2D eigenvalue weighted by atomic mass is 10.0. The largest absolute Gasteiger partial charge is 0.494 e. The van der Waals surface area contributed by atoms with E-state index < -0.39 is 5.97 Å². The summed E-state index contributed by atoms with van der Waals surface area (Å²) in [5.74, 6) is -0.253. The van der Waals surface area contributed by atoms with Gasteiger partial charge in [0, 0.05) is 6.54 Å². The van der Waals surface area contributed by atoms with Gasteiger partial charge < -0.3 is 15.2 Å². The second-order valence-corrected chi connectivity index (χ2v) is 5.00. The highest BCUT2D eigenvalue weighted by Gasteiger charge is 2.14. The number of aryl methyl sites for hydroxylation is 2. The molecule has 19 heavy (non-hydrogen) atoms. The van der Waals surface area contributed by atoms with E-state index in [2.05, 4.69) is 18.3 Å². The smallest absolute Gasteiger partial charge is 0.306 e. The van der Waals surface area contributed by atoms with Crippen LogP contribution in [0.25, 0.3) is 0 Å². The van der Waals surface area contributed by atoms with Crippen LogP contribution in [0.3, 0.4) is 0 Å². The lowest BCUT2D eigenvalue weighted by Gasteiger charge is -2.18. The minimum atomic E-state index is -0.759. The van der Waals surface area contributed by atoms with E-state index in [1.165, 1.54) is 5.56 Å². The zero-order chi connectivity index (χ0) is 14.6. The van der Waals surface area contributed by atoms with E-state index in [0.717, 1.165) is 22.6 Å². The van der Waals surface area contributed by atoms with Crippen molar-refractivity contribution in [3.8, 4) is 5.75 Å². The van der Waals surface area contributed by atoms with Crippen LogP contribution in [0.5, 0.6) is 5.75 Å². The molecule has 0 radical (unpaired) electrons. The van der Waals surface area contributed by atoms with Crippen molar-refractivity contribution in [1.82, 2.24) is 0 Å². The summed E-state index contributed by atoms with van der Waals surface area (Å²) in [4.78, 5) is 10.8. The Hall–Kier alpha value is -1.71. The number of benzene rings is 1. The molecular formula is C15H23NO3. The van der Waals surface area contributed by atoms with Gasteiger partial charge in [-0.2, -0.15) is 0 Å². The Balaban J connectivity index is 2.84. The zero-order valence-electron chi connectivity index (χ0n) is 12.3. The Morgan fingerprint density at radius 1 is 1.37 bits per heavy atom. The number of hydrogen-bond donors (Lipinski definition) is 2. The molecule has 0 bridgehead atoms. The molecule has 1 unspecified atom stereocenters. The first-order valence-corrected chi connectivity index (χ1v) is 6.50. The molecule has 0 fully saturated rings. The molecule has 0 saturated carbocycles. The number of methoxy groups -OCH3 is 1. The summed E-state index contributed by atoms with van der Waals surface area (Å²) in [6, 6.07) is 2.11. The number of carboxylic acids is 1. The predicted molar refractivity (Wildman–Crippen MR) is 77.1 cm³/mol. The lowest BCUT2D eigenvalue weighted by Crippen LogP contribution is -2.15. The molecule has 1 rings (SSSR count). The molecule has 4 heteroatoms. The summed E-state index contributed by atoms with van der Waals surface area (Å²) in [7, 11) is 1.66. The van der Waals surface area contributed by atoms with E-state index in [4.69, 9.17) is 9.84 Å². The van der Waals surface area contributed by atoms with Gasteiger partial charge in [0.2, 0.25) is 0 Å². The molecule has 0 amide bonds. The molecule has 2 N–H and O–H groups in total. The van der Waals surface area contributed by atoms with Crippen LogP contribution in [-0.2, 0) is 4.79 Å². The fourth-order valence-corrected chi connectivity index (χ4v) is 2.06. The summed E-state index contributed by atoms with van der Waals surface area (Å²) in [6.45, 7) is 8.44. The minimum Gasteiger partial charge on any atom is -0.494 e. The third-order valence-electron chi connectivity index (χ3n) is 3.49. The Morgan fingerprint density at radius 2 is 2.00 bits per heavy atom. The molecule has 0 heterocycles. The first-order valence-electron chi connectivity index (χ1n) is 6.50. The summed E-state index contributed by atoms with van der Waals surface area (Å²) in [5, 5.41) is 12.2. The van der Waals surface area contributed by atoms with Crippen LogP contribution in [0.1, 0.15) is 30.0 Å². The van der Waals surface area contributed by atoms with Crippen molar-refractivity contribution < 1.29 is 14.6 Å². The third kappa shape index (κ3) is 3.63. The minimum absolute atomic E-state index is 0.342. The monoisotopic (exact) mass is 265 g/mol. The number of carbonyl (C=O) groups is 1. The van der Waals surface area contributed by atoms with E-state index >= 15 is 0 Å². The SMILES string of the molecule is COc1c(C)c(C)cc(C)c1NCCC(C)C(=O)O. The quantitative estimate of drug-likeness (QED) is 0.829. The number of carboxylic acid groups (broad SMARTS) is 1. The van der Waals surface area contributed by atoms with Crippen molar-refractivity contribution in [3.05, 3.63) is 22.8 Å². The van der Waals surface area contributed by atoms with Gasteiger partial charge in [0.1, 0.15) is 5.75 Å². The average Bonchev–Trinajstić information content (AvgIpc) is 2.35. The summed E-state index contributed by atoms with van der Waals surface area (Å²) >= 11 is 0. The maximum absolute atomic E-state index is 10.8. The van der Waals surface area contributed by atoms with Crippen LogP contribution in [0.2, 0.25) is 0 Å². The van der Waals surface area contributed by atoms with Gasteiger partial charge in [-0.15, -0.1) is 0 Å². The Labute approximate surface area is 114 Å². The highest BCUT2D eigenvalue weighted by Crippen LogP contribution is 2.34. The highest BCUT2D eigenvalue weighted by molar-refractivity contribution is 5.70. The Bertz CT molecular complexity index is 469. The average molecular weight is 265 g/mol. The molecule has 1 aromatic rings. The van der Waals surface area contributed by atoms with Crippen LogP contribution in [-0.4, -0.2) is 24.7 Å². The topological polar surface area (TPSA) is 58.6 Å². The van der Waals surface area contributed by atoms with E-state index in [-0.39, 0.29) is 5.92 Å². The van der Waals surface area contributed by atoms with E-state index in [1.54, 1.807) is 14.0 Å². The van der Waals surface area contributed by atoms with E-state index in [9.17, 15) is 4.79 Å². The van der Waals surface area contributed by atoms with Crippen molar-refractivity contribution in [1.29, 1.82) is 0 Å². The molecule has 0 saturated heterocycles. The first-order chi connectivity index (χ1) is 8.88. The summed E-state index contributed by atoms with van der Waals surface area (Å²) in [6.07, 6.45) is 0.588. The predicted octanol–water partition coefficient (Wildman–Crippen LogP) is 3.14. The van der Waals surface area contributed by atoms with Gasteiger partial charge in [0.25, 0.3) is 0 Å². The van der Waals surface area contributed by atoms with Crippen LogP contribution in [0.4, 0.5) is 5.69 Å². The van der Waals surface area contributed by atoms with E-state index in [0.29, 0.717) is 13.0 Å². The van der Waals surface area contributed by atoms with Crippen molar-refractivity contribution >= 4 is 11.7 Å². The van der Waals surface area contributed by atoms with E-state index in [1.807, 2.05) is 13.8 Å². The number of rotatable bonds is 6. The molecule has 0 aromatic heterocycles. The molecule has 106 valence electrons. The Morgan fingerprint density at radius 3 is 2.53 bits per heavy atom. The van der Waals surface area contributed by atoms with Gasteiger partial charge in [0.05, 0.1) is 18.7 Å². The number of aliphatic carboxylic acids is 1. The van der Waals surface area contributed by atoms with Crippen LogP contribution >= 0.6 is 0 Å². The maximum Gasteiger partial charge on any atom is 0.306 e. The van der Waals surface area contributed by atoms with Gasteiger partial charge in [-0.25, -0.2) is 0 Å². The van der Waals surface area contributed by atoms with Crippen LogP contribution in [0, 0.1) is 26.7 Å². The van der Waals surface area contributed by atoms with Gasteiger partial charge in [-0.3, -0.25) is 4.79 Å². The number of ether oxygens (including phenoxy) is 1. The molecule has 1 aromatic carbocycles. The maximum atomic E-state index is 10.8. The normalized spacial score (nSPS) is 12.1. The highest BCUT2D eigenvalue weighted by atomic mass is 16.5. The van der Waals surface area contributed by atoms with Gasteiger partial charge in [0.15, 0.2) is 0 Å². The van der Waals surface area contributed by atoms with Gasteiger partial charge >= 0.3 is 5.97 Å². The van der Waals surface area contributed by atoms with Crippen molar-refractivity contribution in [2.75, 3.05) is 19.0 Å². The molecular weight excluding hydrogens is 242 g/mol. The fraction of sp³-hybridized carbons (Fsp3) is 0.533. The first kappa shape index (κ1) is 15.3. The molecule has 0 aliphatic carbocycles. The third-order valence-corrected chi connectivity index (χ3v) is 3.49. The molecule has 0 aliphatic rings. The summed E-state index contributed by atoms with van der Waals surface area (Å²) in [5.41, 5.74) is 4.38.